The summed E-state index contributed by atoms with van der Waals surface area (Å²) >= 11 is 1.16. The fourth-order valence-electron chi connectivity index (χ4n) is 2.87. The molecule has 1 N–H and O–H groups in total. The van der Waals surface area contributed by atoms with Crippen LogP contribution in [0.2, 0.25) is 0 Å². The second-order valence-electron chi connectivity index (χ2n) is 6.71. The molecule has 0 unspecified atom stereocenters. The molecule has 0 radical (unpaired) electrons. The van der Waals surface area contributed by atoms with Gasteiger partial charge in [0.05, 0.1) is 9.77 Å². The van der Waals surface area contributed by atoms with Crippen molar-refractivity contribution >= 4 is 33.1 Å². The van der Waals surface area contributed by atoms with Crippen molar-refractivity contribution in [2.24, 2.45) is 0 Å². The first-order valence-corrected chi connectivity index (χ1v) is 11.4. The molecule has 0 fully saturated rings. The van der Waals surface area contributed by atoms with E-state index in [1.54, 1.807) is 30.3 Å². The van der Waals surface area contributed by atoms with Gasteiger partial charge < -0.3 is 10.0 Å². The van der Waals surface area contributed by atoms with E-state index in [2.05, 4.69) is 0 Å². The molecule has 1 aromatic heterocycles. The number of carbonyl (C=O) groups is 2. The third-order valence-electron chi connectivity index (χ3n) is 4.36. The average Bonchev–Trinajstić information content (AvgIpc) is 3.12. The van der Waals surface area contributed by atoms with E-state index in [4.69, 9.17) is 5.11 Å². The van der Waals surface area contributed by atoms with Crippen molar-refractivity contribution < 1.29 is 27.5 Å². The molecule has 9 heteroatoms. The summed E-state index contributed by atoms with van der Waals surface area (Å²) in [6, 6.07) is 13.7. The quantitative estimate of drug-likeness (QED) is 0.621. The molecule has 2 aromatic carbocycles. The van der Waals surface area contributed by atoms with Crippen LogP contribution < -0.4 is 0 Å². The molecule has 0 bridgehead atoms. The maximum atomic E-state index is 13.4. The Balaban J connectivity index is 2.10. The Hall–Kier alpha value is -3.04. The molecule has 0 aliphatic carbocycles. The molecule has 0 saturated heterocycles. The molecule has 0 atom stereocenters. The van der Waals surface area contributed by atoms with Gasteiger partial charge in [0.1, 0.15) is 12.4 Å². The first-order valence-electron chi connectivity index (χ1n) is 8.74. The van der Waals surface area contributed by atoms with Crippen LogP contribution in [-0.4, -0.2) is 50.1 Å². The number of amides is 1. The van der Waals surface area contributed by atoms with Gasteiger partial charge in [-0.3, -0.25) is 9.59 Å². The number of hydrogen-bond acceptors (Lipinski definition) is 5. The third-order valence-corrected chi connectivity index (χ3v) is 6.66. The van der Waals surface area contributed by atoms with E-state index < -0.39 is 34.1 Å². The number of likely N-dealkylation sites (N-methyl/N-ethyl adjacent to an activating group) is 1. The standard InChI is InChI=1S/C21H18FNO5S2/c1-23(12-19(24)25)21(26)18-11-17(13-5-9-16(10-6-13)30(2,27)28)20(29-18)14-3-7-15(22)8-4-14/h3-11H,12H2,1-2H3,(H,24,25). The van der Waals surface area contributed by atoms with Gasteiger partial charge >= 0.3 is 5.97 Å². The molecule has 3 rings (SSSR count). The number of halogens is 1. The smallest absolute Gasteiger partial charge is 0.323 e. The van der Waals surface area contributed by atoms with E-state index in [0.717, 1.165) is 22.5 Å². The number of sulfone groups is 1. The summed E-state index contributed by atoms with van der Waals surface area (Å²) in [5.74, 6) is -1.98. The second kappa shape index (κ2) is 8.37. The lowest BCUT2D eigenvalue weighted by Gasteiger charge is -2.12. The van der Waals surface area contributed by atoms with E-state index in [9.17, 15) is 22.4 Å². The molecule has 3 aromatic rings. The minimum Gasteiger partial charge on any atom is -0.480 e. The van der Waals surface area contributed by atoms with Gasteiger partial charge in [0.2, 0.25) is 0 Å². The summed E-state index contributed by atoms with van der Waals surface area (Å²) < 4.78 is 36.8. The minimum atomic E-state index is -3.36. The number of hydrogen-bond donors (Lipinski definition) is 1. The van der Waals surface area contributed by atoms with E-state index in [0.29, 0.717) is 26.4 Å². The lowest BCUT2D eigenvalue weighted by Crippen LogP contribution is -2.31. The topological polar surface area (TPSA) is 91.8 Å². The van der Waals surface area contributed by atoms with E-state index >= 15 is 0 Å². The van der Waals surface area contributed by atoms with Crippen molar-refractivity contribution in [1.29, 1.82) is 0 Å². The summed E-state index contributed by atoms with van der Waals surface area (Å²) in [4.78, 5) is 25.9. The molecule has 1 amide bonds. The predicted molar refractivity (Wildman–Crippen MR) is 113 cm³/mol. The second-order valence-corrected chi connectivity index (χ2v) is 9.78. The molecular weight excluding hydrogens is 429 g/mol. The highest BCUT2D eigenvalue weighted by Gasteiger charge is 2.21. The molecule has 0 saturated carbocycles. The Labute approximate surface area is 177 Å². The number of benzene rings is 2. The van der Waals surface area contributed by atoms with Gasteiger partial charge in [-0.2, -0.15) is 0 Å². The first-order chi connectivity index (χ1) is 14.1. The van der Waals surface area contributed by atoms with Gasteiger partial charge in [0, 0.05) is 23.7 Å². The maximum absolute atomic E-state index is 13.4. The Morgan fingerprint density at radius 3 is 2.13 bits per heavy atom. The van der Waals surface area contributed by atoms with Crippen molar-refractivity contribution in [2.45, 2.75) is 4.90 Å². The lowest BCUT2D eigenvalue weighted by atomic mass is 10.0. The van der Waals surface area contributed by atoms with Crippen LogP contribution in [0.5, 0.6) is 0 Å². The third kappa shape index (κ3) is 4.74. The lowest BCUT2D eigenvalue weighted by molar-refractivity contribution is -0.137. The summed E-state index contributed by atoms with van der Waals surface area (Å²) in [6.07, 6.45) is 1.12. The van der Waals surface area contributed by atoms with Crippen LogP contribution in [0.4, 0.5) is 4.39 Å². The molecule has 6 nitrogen and oxygen atoms in total. The van der Waals surface area contributed by atoms with Gasteiger partial charge in [-0.05, 0) is 41.5 Å². The van der Waals surface area contributed by atoms with Crippen molar-refractivity contribution in [1.82, 2.24) is 4.90 Å². The average molecular weight is 448 g/mol. The van der Waals surface area contributed by atoms with Crippen LogP contribution in [0.15, 0.2) is 59.5 Å². The van der Waals surface area contributed by atoms with Crippen LogP contribution in [0, 0.1) is 5.82 Å². The van der Waals surface area contributed by atoms with Gasteiger partial charge in [0.15, 0.2) is 9.84 Å². The number of rotatable bonds is 6. The zero-order valence-corrected chi connectivity index (χ0v) is 17.8. The van der Waals surface area contributed by atoms with Crippen molar-refractivity contribution in [3.05, 3.63) is 65.3 Å². The molecular formula is C21H18FNO5S2. The number of carboxylic acids is 1. The first kappa shape index (κ1) is 21.7. The van der Waals surface area contributed by atoms with Crippen molar-refractivity contribution in [3.8, 4) is 21.6 Å². The van der Waals surface area contributed by atoms with Crippen molar-refractivity contribution in [2.75, 3.05) is 19.8 Å². The fraction of sp³-hybridized carbons (Fsp3) is 0.143. The highest BCUT2D eigenvalue weighted by atomic mass is 32.2. The summed E-state index contributed by atoms with van der Waals surface area (Å²) in [7, 11) is -1.96. The molecule has 0 spiro atoms. The van der Waals surface area contributed by atoms with Gasteiger partial charge in [-0.15, -0.1) is 11.3 Å². The number of carbonyl (C=O) groups excluding carboxylic acids is 1. The Kier molecular flexibility index (Phi) is 6.04. The zero-order valence-electron chi connectivity index (χ0n) is 16.1. The highest BCUT2D eigenvalue weighted by molar-refractivity contribution is 7.90. The van der Waals surface area contributed by atoms with E-state index in [1.807, 2.05) is 0 Å². The van der Waals surface area contributed by atoms with Crippen LogP contribution in [0.25, 0.3) is 21.6 Å². The van der Waals surface area contributed by atoms with Crippen LogP contribution in [0.1, 0.15) is 9.67 Å². The summed E-state index contributed by atoms with van der Waals surface area (Å²) in [5.41, 5.74) is 2.03. The van der Waals surface area contributed by atoms with Crippen molar-refractivity contribution in [3.63, 3.8) is 0 Å². The molecule has 0 aliphatic heterocycles. The number of thiophene rings is 1. The maximum Gasteiger partial charge on any atom is 0.323 e. The highest BCUT2D eigenvalue weighted by Crippen LogP contribution is 2.40. The van der Waals surface area contributed by atoms with E-state index in [-0.39, 0.29) is 4.90 Å². The number of carboxylic acid groups (broad SMARTS) is 1. The summed E-state index contributed by atoms with van der Waals surface area (Å²) in [5, 5.41) is 8.94. The predicted octanol–water partition coefficient (Wildman–Crippen LogP) is 3.78. The van der Waals surface area contributed by atoms with Crippen LogP contribution in [-0.2, 0) is 14.6 Å². The van der Waals surface area contributed by atoms with Crippen LogP contribution in [0.3, 0.4) is 0 Å². The SMILES string of the molecule is CN(CC(=O)O)C(=O)c1cc(-c2ccc(S(C)(=O)=O)cc2)c(-c2ccc(F)cc2)s1. The minimum absolute atomic E-state index is 0.169. The van der Waals surface area contributed by atoms with Gasteiger partial charge in [-0.25, -0.2) is 12.8 Å². The number of aliphatic carboxylic acids is 1. The number of nitrogens with zero attached hydrogens (tertiary/aromatic N) is 1. The summed E-state index contributed by atoms with van der Waals surface area (Å²) in [6.45, 7) is -0.443. The molecule has 30 heavy (non-hydrogen) atoms. The van der Waals surface area contributed by atoms with Gasteiger partial charge in [0.25, 0.3) is 5.91 Å². The Morgan fingerprint density at radius 2 is 1.60 bits per heavy atom. The monoisotopic (exact) mass is 447 g/mol. The van der Waals surface area contributed by atoms with Gasteiger partial charge in [-0.1, -0.05) is 24.3 Å². The Bertz CT molecular complexity index is 1200. The normalized spacial score (nSPS) is 11.3. The van der Waals surface area contributed by atoms with Crippen LogP contribution >= 0.6 is 11.3 Å². The molecule has 156 valence electrons. The largest absolute Gasteiger partial charge is 0.480 e. The van der Waals surface area contributed by atoms with E-state index in [1.165, 1.54) is 31.3 Å². The molecule has 1 heterocycles. The molecule has 0 aliphatic rings. The fourth-order valence-corrected chi connectivity index (χ4v) is 4.68. The zero-order chi connectivity index (χ0) is 22.1. The Morgan fingerprint density at radius 1 is 1.03 bits per heavy atom.